The molecule has 0 saturated carbocycles. The van der Waals surface area contributed by atoms with Crippen molar-refractivity contribution in [1.82, 2.24) is 9.97 Å². The van der Waals surface area contributed by atoms with Gasteiger partial charge in [-0.2, -0.15) is 5.10 Å². The molecule has 2 aromatic rings. The number of hydrogen-bond acceptors (Lipinski definition) is 4. The summed E-state index contributed by atoms with van der Waals surface area (Å²) in [6.45, 7) is 6.27. The highest BCUT2D eigenvalue weighted by Gasteiger charge is 1.99. The molecule has 0 saturated heterocycles. The van der Waals surface area contributed by atoms with Crippen molar-refractivity contribution in [2.45, 2.75) is 33.1 Å². The Kier molecular flexibility index (Phi) is 4.87. The lowest BCUT2D eigenvalue weighted by Gasteiger charge is -2.04. The van der Waals surface area contributed by atoms with Gasteiger partial charge in [-0.25, -0.2) is 10.4 Å². The minimum absolute atomic E-state index is 0.180. The number of H-pyrrole nitrogens is 1. The summed E-state index contributed by atoms with van der Waals surface area (Å²) in [5, 5.41) is 4.10. The second kappa shape index (κ2) is 6.83. The number of benzene rings is 1. The summed E-state index contributed by atoms with van der Waals surface area (Å²) in [5.74, 6) is 0.870. The van der Waals surface area contributed by atoms with E-state index in [2.05, 4.69) is 46.5 Å². The van der Waals surface area contributed by atoms with Crippen LogP contribution in [0.5, 0.6) is 0 Å². The Bertz CT molecular complexity index is 671. The SMILES string of the molecule is CCc1cc(=O)[nH]c(N/N=C\c2ccc(C(C)C)cc2)n1. The Labute approximate surface area is 124 Å². The molecule has 1 heterocycles. The number of aromatic amines is 1. The highest BCUT2D eigenvalue weighted by Crippen LogP contribution is 2.13. The molecule has 0 radical (unpaired) electrons. The quantitative estimate of drug-likeness (QED) is 0.655. The molecule has 5 heteroatoms. The number of hydrazone groups is 1. The van der Waals surface area contributed by atoms with E-state index in [0.717, 1.165) is 11.3 Å². The third-order valence-corrected chi connectivity index (χ3v) is 3.14. The Morgan fingerprint density at radius 2 is 2.05 bits per heavy atom. The van der Waals surface area contributed by atoms with E-state index in [-0.39, 0.29) is 5.56 Å². The average molecular weight is 284 g/mol. The van der Waals surface area contributed by atoms with Crippen LogP contribution < -0.4 is 11.0 Å². The highest BCUT2D eigenvalue weighted by atomic mass is 16.1. The molecule has 0 fully saturated rings. The first-order valence-corrected chi connectivity index (χ1v) is 7.07. The number of nitrogens with one attached hydrogen (secondary N) is 2. The summed E-state index contributed by atoms with van der Waals surface area (Å²) < 4.78 is 0. The van der Waals surface area contributed by atoms with Gasteiger partial charge in [0.05, 0.1) is 6.21 Å². The minimum Gasteiger partial charge on any atom is -0.291 e. The molecule has 0 atom stereocenters. The van der Waals surface area contributed by atoms with Crippen LogP contribution >= 0.6 is 0 Å². The lowest BCUT2D eigenvalue weighted by atomic mass is 10.0. The Hall–Kier alpha value is -2.43. The topological polar surface area (TPSA) is 70.1 Å². The van der Waals surface area contributed by atoms with Crippen LogP contribution in [0.4, 0.5) is 5.95 Å². The van der Waals surface area contributed by atoms with Gasteiger partial charge in [0.2, 0.25) is 5.95 Å². The van der Waals surface area contributed by atoms with Crippen LogP contribution in [0.15, 0.2) is 40.2 Å². The molecule has 5 nitrogen and oxygen atoms in total. The molecule has 0 aliphatic heterocycles. The van der Waals surface area contributed by atoms with Crippen molar-refractivity contribution in [3.63, 3.8) is 0 Å². The fraction of sp³-hybridized carbons (Fsp3) is 0.312. The standard InChI is InChI=1S/C16H20N4O/c1-4-14-9-15(21)19-16(18-14)20-17-10-12-5-7-13(8-6-12)11(2)3/h5-11H,4H2,1-3H3,(H2,18,19,20,21)/b17-10-. The second-order valence-corrected chi connectivity index (χ2v) is 5.13. The van der Waals surface area contributed by atoms with E-state index in [4.69, 9.17) is 0 Å². The van der Waals surface area contributed by atoms with Crippen molar-refractivity contribution < 1.29 is 0 Å². The normalized spacial score (nSPS) is 11.2. The predicted molar refractivity (Wildman–Crippen MR) is 86.0 cm³/mol. The van der Waals surface area contributed by atoms with Gasteiger partial charge in [0, 0.05) is 11.8 Å². The molecular formula is C16H20N4O. The zero-order valence-electron chi connectivity index (χ0n) is 12.6. The Morgan fingerprint density at radius 1 is 1.33 bits per heavy atom. The molecule has 2 rings (SSSR count). The first-order chi connectivity index (χ1) is 10.1. The van der Waals surface area contributed by atoms with Crippen molar-refractivity contribution >= 4 is 12.2 Å². The summed E-state index contributed by atoms with van der Waals surface area (Å²) in [6.07, 6.45) is 2.40. The van der Waals surface area contributed by atoms with Crippen LogP contribution in [0.2, 0.25) is 0 Å². The molecule has 1 aromatic heterocycles. The van der Waals surface area contributed by atoms with Gasteiger partial charge in [-0.05, 0) is 23.5 Å². The molecule has 2 N–H and O–H groups in total. The maximum absolute atomic E-state index is 11.4. The first kappa shape index (κ1) is 15.0. The number of hydrogen-bond donors (Lipinski definition) is 2. The van der Waals surface area contributed by atoms with Crippen LogP contribution in [0.3, 0.4) is 0 Å². The van der Waals surface area contributed by atoms with E-state index in [1.165, 1.54) is 11.6 Å². The van der Waals surface area contributed by atoms with Crippen LogP contribution in [0.1, 0.15) is 43.5 Å². The van der Waals surface area contributed by atoms with Gasteiger partial charge in [0.25, 0.3) is 5.56 Å². The second-order valence-electron chi connectivity index (χ2n) is 5.13. The zero-order valence-corrected chi connectivity index (χ0v) is 12.6. The summed E-state index contributed by atoms with van der Waals surface area (Å²) >= 11 is 0. The van der Waals surface area contributed by atoms with Gasteiger partial charge >= 0.3 is 0 Å². The molecule has 21 heavy (non-hydrogen) atoms. The van der Waals surface area contributed by atoms with Crippen molar-refractivity contribution in [3.05, 3.63) is 57.5 Å². The van der Waals surface area contributed by atoms with Crippen LogP contribution in [0.25, 0.3) is 0 Å². The monoisotopic (exact) mass is 284 g/mol. The molecule has 0 amide bonds. The minimum atomic E-state index is -0.180. The molecule has 110 valence electrons. The first-order valence-electron chi connectivity index (χ1n) is 7.07. The lowest BCUT2D eigenvalue weighted by molar-refractivity contribution is 0.866. The third-order valence-electron chi connectivity index (χ3n) is 3.14. The Balaban J connectivity index is 2.05. The third kappa shape index (κ3) is 4.27. The number of nitrogens with zero attached hydrogens (tertiary/aromatic N) is 2. The summed E-state index contributed by atoms with van der Waals surface area (Å²) in [7, 11) is 0. The molecule has 1 aromatic carbocycles. The highest BCUT2D eigenvalue weighted by molar-refractivity contribution is 5.80. The lowest BCUT2D eigenvalue weighted by Crippen LogP contribution is -2.11. The maximum Gasteiger partial charge on any atom is 0.252 e. The number of aromatic nitrogens is 2. The van der Waals surface area contributed by atoms with Crippen LogP contribution in [-0.4, -0.2) is 16.2 Å². The maximum atomic E-state index is 11.4. The predicted octanol–water partition coefficient (Wildman–Crippen LogP) is 2.90. The fourth-order valence-corrected chi connectivity index (χ4v) is 1.88. The van der Waals surface area contributed by atoms with Crippen molar-refractivity contribution in [2.75, 3.05) is 5.43 Å². The van der Waals surface area contributed by atoms with Gasteiger partial charge in [-0.3, -0.25) is 9.78 Å². The van der Waals surface area contributed by atoms with Gasteiger partial charge < -0.3 is 0 Å². The summed E-state index contributed by atoms with van der Waals surface area (Å²) in [4.78, 5) is 18.3. The van der Waals surface area contributed by atoms with Crippen molar-refractivity contribution in [2.24, 2.45) is 5.10 Å². The van der Waals surface area contributed by atoms with E-state index in [1.807, 2.05) is 19.1 Å². The fourth-order valence-electron chi connectivity index (χ4n) is 1.88. The van der Waals surface area contributed by atoms with Crippen LogP contribution in [-0.2, 0) is 6.42 Å². The number of anilines is 1. The number of rotatable bonds is 5. The van der Waals surface area contributed by atoms with E-state index < -0.39 is 0 Å². The van der Waals surface area contributed by atoms with E-state index in [0.29, 0.717) is 18.3 Å². The number of aryl methyl sites for hydroxylation is 1. The largest absolute Gasteiger partial charge is 0.291 e. The Morgan fingerprint density at radius 3 is 2.67 bits per heavy atom. The van der Waals surface area contributed by atoms with E-state index >= 15 is 0 Å². The van der Waals surface area contributed by atoms with Crippen molar-refractivity contribution in [1.29, 1.82) is 0 Å². The smallest absolute Gasteiger partial charge is 0.252 e. The van der Waals surface area contributed by atoms with Gasteiger partial charge in [0.1, 0.15) is 0 Å². The van der Waals surface area contributed by atoms with E-state index in [1.54, 1.807) is 6.21 Å². The van der Waals surface area contributed by atoms with E-state index in [9.17, 15) is 4.79 Å². The molecule has 0 aliphatic carbocycles. The molecular weight excluding hydrogens is 264 g/mol. The molecule has 0 bridgehead atoms. The van der Waals surface area contributed by atoms with Gasteiger partial charge in [-0.1, -0.05) is 45.0 Å². The summed E-state index contributed by atoms with van der Waals surface area (Å²) in [6, 6.07) is 9.69. The molecule has 0 spiro atoms. The molecule has 0 aliphatic rings. The average Bonchev–Trinajstić information content (AvgIpc) is 2.47. The summed E-state index contributed by atoms with van der Waals surface area (Å²) in [5.41, 5.74) is 5.58. The van der Waals surface area contributed by atoms with Gasteiger partial charge in [-0.15, -0.1) is 0 Å². The van der Waals surface area contributed by atoms with Gasteiger partial charge in [0.15, 0.2) is 0 Å². The molecule has 0 unspecified atom stereocenters. The van der Waals surface area contributed by atoms with Crippen LogP contribution in [0, 0.1) is 0 Å². The van der Waals surface area contributed by atoms with Crippen molar-refractivity contribution in [3.8, 4) is 0 Å². The zero-order chi connectivity index (χ0) is 15.2.